The quantitative estimate of drug-likeness (QED) is 0.661. The van der Waals surface area contributed by atoms with E-state index in [-0.39, 0.29) is 0 Å². The second-order valence-corrected chi connectivity index (χ2v) is 4.36. The number of rotatable bonds is 0. The third-order valence-electron chi connectivity index (χ3n) is 2.19. The minimum Gasteiger partial charge on any atom is -0.489 e. The van der Waals surface area contributed by atoms with Crippen molar-refractivity contribution >= 4 is 22.6 Å². The Kier molecular flexibility index (Phi) is 2.26. The maximum absolute atomic E-state index is 5.76. The first kappa shape index (κ1) is 8.35. The maximum atomic E-state index is 5.76. The Hall–Kier alpha value is -0.250. The normalized spacial score (nSPS) is 21.3. The molecule has 0 radical (unpaired) electrons. The highest BCUT2D eigenvalue weighted by Gasteiger charge is 2.17. The molecule has 1 atom stereocenters. The van der Waals surface area contributed by atoms with Gasteiger partial charge in [-0.3, -0.25) is 0 Å². The molecule has 2 heteroatoms. The zero-order chi connectivity index (χ0) is 8.55. The van der Waals surface area contributed by atoms with Gasteiger partial charge in [-0.1, -0.05) is 12.1 Å². The molecule has 1 nitrogen and oxygen atoms in total. The van der Waals surface area contributed by atoms with Crippen LogP contribution in [0, 0.1) is 3.57 Å². The largest absolute Gasteiger partial charge is 0.489 e. The maximum Gasteiger partial charge on any atom is 0.136 e. The topological polar surface area (TPSA) is 9.23 Å². The van der Waals surface area contributed by atoms with Crippen molar-refractivity contribution in [1.82, 2.24) is 0 Å². The summed E-state index contributed by atoms with van der Waals surface area (Å²) in [6, 6.07) is 6.35. The predicted octanol–water partition coefficient (Wildman–Crippen LogP) is 3.00. The first-order chi connectivity index (χ1) is 5.77. The van der Waals surface area contributed by atoms with Crippen molar-refractivity contribution in [3.63, 3.8) is 0 Å². The van der Waals surface area contributed by atoms with E-state index in [4.69, 9.17) is 4.74 Å². The van der Waals surface area contributed by atoms with E-state index in [1.54, 1.807) is 0 Å². The Morgan fingerprint density at radius 1 is 1.50 bits per heavy atom. The minimum absolute atomic E-state index is 0.383. The van der Waals surface area contributed by atoms with Gasteiger partial charge in [0, 0.05) is 0 Å². The zero-order valence-corrected chi connectivity index (χ0v) is 9.17. The number of benzene rings is 1. The molecular formula is C10H11IO. The number of para-hydroxylation sites is 1. The molecule has 1 aromatic rings. The second-order valence-electron chi connectivity index (χ2n) is 3.20. The summed E-state index contributed by atoms with van der Waals surface area (Å²) < 4.78 is 6.99. The molecule has 2 rings (SSSR count). The van der Waals surface area contributed by atoms with Crippen LogP contribution < -0.4 is 4.74 Å². The smallest absolute Gasteiger partial charge is 0.136 e. The number of halogens is 1. The monoisotopic (exact) mass is 274 g/mol. The van der Waals surface area contributed by atoms with Gasteiger partial charge in [-0.05, 0) is 54.0 Å². The lowest BCUT2D eigenvalue weighted by Gasteiger charge is -2.23. The molecule has 12 heavy (non-hydrogen) atoms. The van der Waals surface area contributed by atoms with Gasteiger partial charge in [-0.25, -0.2) is 0 Å². The van der Waals surface area contributed by atoms with Crippen LogP contribution >= 0.6 is 22.6 Å². The molecule has 64 valence electrons. The van der Waals surface area contributed by atoms with Crippen molar-refractivity contribution in [2.24, 2.45) is 0 Å². The van der Waals surface area contributed by atoms with Gasteiger partial charge in [-0.2, -0.15) is 0 Å². The highest BCUT2D eigenvalue weighted by atomic mass is 127. The third kappa shape index (κ3) is 1.44. The number of hydrogen-bond acceptors (Lipinski definition) is 1. The fourth-order valence-electron chi connectivity index (χ4n) is 1.50. The molecule has 1 aromatic carbocycles. The van der Waals surface area contributed by atoms with Crippen molar-refractivity contribution in [3.05, 3.63) is 27.3 Å². The Bertz CT molecular complexity index is 296. The Morgan fingerprint density at radius 2 is 2.33 bits per heavy atom. The fraction of sp³-hybridized carbons (Fsp3) is 0.400. The summed E-state index contributed by atoms with van der Waals surface area (Å²) in [5.74, 6) is 1.11. The van der Waals surface area contributed by atoms with Gasteiger partial charge in [0.15, 0.2) is 0 Å². The van der Waals surface area contributed by atoms with Gasteiger partial charge < -0.3 is 4.74 Å². The molecule has 0 saturated heterocycles. The van der Waals surface area contributed by atoms with Crippen molar-refractivity contribution in [3.8, 4) is 5.75 Å². The third-order valence-corrected chi connectivity index (χ3v) is 3.04. The lowest BCUT2D eigenvalue weighted by molar-refractivity contribution is 0.191. The SMILES string of the molecule is C[C@H]1CCc2cccc(I)c2O1. The first-order valence-electron chi connectivity index (χ1n) is 4.21. The summed E-state index contributed by atoms with van der Waals surface area (Å²) in [7, 11) is 0. The Balaban J connectivity index is 2.43. The van der Waals surface area contributed by atoms with Crippen LogP contribution in [0.3, 0.4) is 0 Å². The van der Waals surface area contributed by atoms with E-state index in [0.29, 0.717) is 6.10 Å². The van der Waals surface area contributed by atoms with E-state index >= 15 is 0 Å². The standard InChI is InChI=1S/C10H11IO/c1-7-5-6-8-3-2-4-9(11)10(8)12-7/h2-4,7H,5-6H2,1H3/t7-/m0/s1. The number of fused-ring (bicyclic) bond motifs is 1. The molecule has 0 saturated carbocycles. The van der Waals surface area contributed by atoms with E-state index in [1.165, 1.54) is 9.13 Å². The number of hydrogen-bond donors (Lipinski definition) is 0. The van der Waals surface area contributed by atoms with Crippen LogP contribution in [0.25, 0.3) is 0 Å². The molecule has 1 aliphatic rings. The molecule has 0 aliphatic carbocycles. The van der Waals surface area contributed by atoms with Crippen molar-refractivity contribution in [2.75, 3.05) is 0 Å². The summed E-state index contributed by atoms with van der Waals surface area (Å²) >= 11 is 2.33. The van der Waals surface area contributed by atoms with Crippen molar-refractivity contribution < 1.29 is 4.74 Å². The van der Waals surface area contributed by atoms with E-state index < -0.39 is 0 Å². The highest BCUT2D eigenvalue weighted by Crippen LogP contribution is 2.31. The van der Waals surface area contributed by atoms with Gasteiger partial charge in [0.1, 0.15) is 5.75 Å². The molecule has 0 fully saturated rings. The van der Waals surface area contributed by atoms with E-state index in [0.717, 1.165) is 18.6 Å². The van der Waals surface area contributed by atoms with Crippen LogP contribution in [0.15, 0.2) is 18.2 Å². The molecule has 0 unspecified atom stereocenters. The lowest BCUT2D eigenvalue weighted by atomic mass is 10.0. The van der Waals surface area contributed by atoms with E-state index in [9.17, 15) is 0 Å². The molecule has 0 N–H and O–H groups in total. The van der Waals surface area contributed by atoms with Crippen LogP contribution in [0.1, 0.15) is 18.9 Å². The van der Waals surface area contributed by atoms with Gasteiger partial charge in [-0.15, -0.1) is 0 Å². The average Bonchev–Trinajstić information content (AvgIpc) is 2.07. The van der Waals surface area contributed by atoms with Gasteiger partial charge >= 0.3 is 0 Å². The lowest BCUT2D eigenvalue weighted by Crippen LogP contribution is -2.19. The van der Waals surface area contributed by atoms with E-state index in [2.05, 4.69) is 47.7 Å². The van der Waals surface area contributed by atoms with Crippen molar-refractivity contribution in [1.29, 1.82) is 0 Å². The highest BCUT2D eigenvalue weighted by molar-refractivity contribution is 14.1. The van der Waals surface area contributed by atoms with Crippen LogP contribution in [0.5, 0.6) is 5.75 Å². The molecule has 1 heterocycles. The first-order valence-corrected chi connectivity index (χ1v) is 5.29. The molecule has 0 amide bonds. The predicted molar refractivity (Wildman–Crippen MR) is 57.6 cm³/mol. The summed E-state index contributed by atoms with van der Waals surface area (Å²) in [5.41, 5.74) is 1.36. The van der Waals surface area contributed by atoms with E-state index in [1.807, 2.05) is 0 Å². The second kappa shape index (κ2) is 3.24. The molecule has 0 bridgehead atoms. The molecule has 0 aromatic heterocycles. The van der Waals surface area contributed by atoms with Crippen LogP contribution in [-0.4, -0.2) is 6.10 Å². The zero-order valence-electron chi connectivity index (χ0n) is 7.01. The van der Waals surface area contributed by atoms with Gasteiger partial charge in [0.05, 0.1) is 9.67 Å². The summed E-state index contributed by atoms with van der Waals surface area (Å²) in [6.45, 7) is 2.13. The number of ether oxygens (including phenoxy) is 1. The van der Waals surface area contributed by atoms with Gasteiger partial charge in [0.2, 0.25) is 0 Å². The molecular weight excluding hydrogens is 263 g/mol. The van der Waals surface area contributed by atoms with Gasteiger partial charge in [0.25, 0.3) is 0 Å². The average molecular weight is 274 g/mol. The van der Waals surface area contributed by atoms with Crippen LogP contribution in [0.2, 0.25) is 0 Å². The Morgan fingerprint density at radius 3 is 3.17 bits per heavy atom. The number of aryl methyl sites for hydroxylation is 1. The summed E-state index contributed by atoms with van der Waals surface area (Å²) in [6.07, 6.45) is 2.69. The van der Waals surface area contributed by atoms with Crippen molar-refractivity contribution in [2.45, 2.75) is 25.9 Å². The summed E-state index contributed by atoms with van der Waals surface area (Å²) in [5, 5.41) is 0. The molecule has 0 spiro atoms. The molecule has 1 aliphatic heterocycles. The fourth-order valence-corrected chi connectivity index (χ4v) is 2.18. The van der Waals surface area contributed by atoms with Crippen LogP contribution in [-0.2, 0) is 6.42 Å². The summed E-state index contributed by atoms with van der Waals surface area (Å²) in [4.78, 5) is 0. The Labute approximate surface area is 86.3 Å². The van der Waals surface area contributed by atoms with Crippen LogP contribution in [0.4, 0.5) is 0 Å². The minimum atomic E-state index is 0.383.